The highest BCUT2D eigenvalue weighted by Crippen LogP contribution is 2.46. The topological polar surface area (TPSA) is 121 Å². The van der Waals surface area contributed by atoms with E-state index in [-0.39, 0.29) is 0 Å². The van der Waals surface area contributed by atoms with Gasteiger partial charge >= 0.3 is 0 Å². The lowest BCUT2D eigenvalue weighted by Gasteiger charge is -2.47. The maximum absolute atomic E-state index is 12.5. The largest absolute Gasteiger partial charge is 0.494 e. The Morgan fingerprint density at radius 1 is 0.939 bits per heavy atom. The minimum atomic E-state index is -3.48. The molecule has 2 aromatic carbocycles. The summed E-state index contributed by atoms with van der Waals surface area (Å²) in [5, 5.41) is 11.3. The van der Waals surface area contributed by atoms with Gasteiger partial charge in [-0.15, -0.1) is 0 Å². The Hall–Kier alpha value is -3.88. The molecule has 14 heteroatoms. The van der Waals surface area contributed by atoms with Crippen molar-refractivity contribution < 1.29 is 13.2 Å². The molecule has 2 fully saturated rings. The summed E-state index contributed by atoms with van der Waals surface area (Å²) in [4.78, 5) is 14.3. The average Bonchev–Trinajstić information content (AvgIpc) is 3.51. The van der Waals surface area contributed by atoms with Crippen molar-refractivity contribution in [2.24, 2.45) is 12.5 Å². The molecule has 2 aromatic heterocycles. The number of anilines is 6. The van der Waals surface area contributed by atoms with Crippen LogP contribution < -0.4 is 24.6 Å². The summed E-state index contributed by atoms with van der Waals surface area (Å²) in [6.45, 7) is 4.35. The summed E-state index contributed by atoms with van der Waals surface area (Å²) in [6.07, 6.45) is 13.6. The maximum atomic E-state index is 12.5. The molecule has 0 radical (unpaired) electrons. The van der Waals surface area contributed by atoms with Gasteiger partial charge in [0.2, 0.25) is 16.0 Å². The molecule has 2 aliphatic heterocycles. The number of nitrogens with one attached hydrogen (secondary N) is 2. The number of piperidine rings is 2. The summed E-state index contributed by atoms with van der Waals surface area (Å²) in [5.41, 5.74) is 7.94. The van der Waals surface area contributed by atoms with Crippen LogP contribution in [0.4, 0.5) is 34.5 Å². The number of sulfonamides is 1. The molecule has 260 valence electrons. The monoisotopic (exact) mass is 749 g/mol. The van der Waals surface area contributed by atoms with Crippen molar-refractivity contribution in [3.05, 3.63) is 58.5 Å². The van der Waals surface area contributed by atoms with Crippen LogP contribution in [0.25, 0.3) is 11.1 Å². The van der Waals surface area contributed by atoms with E-state index in [4.69, 9.17) is 9.72 Å². The Morgan fingerprint density at radius 3 is 2.27 bits per heavy atom. The molecule has 1 spiro atoms. The Balaban J connectivity index is 1.19. The number of ether oxygens (including phenoxy) is 1. The van der Waals surface area contributed by atoms with E-state index in [9.17, 15) is 8.42 Å². The molecule has 0 atom stereocenters. The molecule has 0 unspecified atom stereocenters. The molecule has 0 saturated carbocycles. The number of fused-ring (bicyclic) bond motifs is 1. The predicted octanol–water partition coefficient (Wildman–Crippen LogP) is 5.94. The highest BCUT2D eigenvalue weighted by molar-refractivity contribution is 9.10. The van der Waals surface area contributed by atoms with Crippen LogP contribution in [-0.4, -0.2) is 86.7 Å². The number of methoxy groups -OCH3 is 1. The zero-order valence-electron chi connectivity index (χ0n) is 28.8. The second-order valence-electron chi connectivity index (χ2n) is 13.8. The van der Waals surface area contributed by atoms with E-state index in [0.717, 1.165) is 54.0 Å². The Bertz CT molecular complexity index is 1980. The van der Waals surface area contributed by atoms with Gasteiger partial charge in [-0.25, -0.2) is 13.4 Å². The fourth-order valence-corrected chi connectivity index (χ4v) is 8.04. The molecule has 0 bridgehead atoms. The van der Waals surface area contributed by atoms with Gasteiger partial charge in [-0.2, -0.15) is 10.1 Å². The second-order valence-corrected chi connectivity index (χ2v) is 16.6. The molecule has 0 amide bonds. The van der Waals surface area contributed by atoms with Crippen molar-refractivity contribution in [2.45, 2.75) is 38.5 Å². The molecule has 3 aliphatic rings. The summed E-state index contributed by atoms with van der Waals surface area (Å²) in [6, 6.07) is 8.16. The van der Waals surface area contributed by atoms with E-state index in [0.29, 0.717) is 38.8 Å². The fraction of sp³-hybridized carbons (Fsp3) is 0.457. The van der Waals surface area contributed by atoms with E-state index < -0.39 is 10.0 Å². The number of aryl methyl sites for hydroxylation is 3. The van der Waals surface area contributed by atoms with E-state index in [2.05, 4.69) is 65.6 Å². The number of halogens is 1. The van der Waals surface area contributed by atoms with E-state index in [1.165, 1.54) is 54.9 Å². The quantitative estimate of drug-likeness (QED) is 0.213. The second kappa shape index (κ2) is 13.1. The van der Waals surface area contributed by atoms with Crippen molar-refractivity contribution in [3.8, 4) is 16.9 Å². The van der Waals surface area contributed by atoms with Crippen molar-refractivity contribution >= 4 is 60.5 Å². The zero-order valence-corrected chi connectivity index (χ0v) is 31.2. The lowest BCUT2D eigenvalue weighted by atomic mass is 9.71. The number of nitrogens with zero attached hydrogens (tertiary/aromatic N) is 7. The number of hydrogen-bond acceptors (Lipinski definition) is 10. The Kier molecular flexibility index (Phi) is 8.99. The maximum Gasteiger partial charge on any atom is 0.232 e. The van der Waals surface area contributed by atoms with Crippen molar-refractivity contribution in [1.29, 1.82) is 0 Å². The summed E-state index contributed by atoms with van der Waals surface area (Å²) >= 11 is 3.59. The van der Waals surface area contributed by atoms with Crippen LogP contribution >= 0.6 is 15.9 Å². The van der Waals surface area contributed by atoms with Crippen LogP contribution in [-0.2, 0) is 29.9 Å². The number of likely N-dealkylation sites (tertiary alicyclic amines) is 1. The molecule has 49 heavy (non-hydrogen) atoms. The van der Waals surface area contributed by atoms with Gasteiger partial charge in [0.05, 0.1) is 41.1 Å². The molecule has 4 heterocycles. The molecular weight excluding hydrogens is 706 g/mol. The van der Waals surface area contributed by atoms with E-state index in [1.807, 2.05) is 36.3 Å². The first kappa shape index (κ1) is 33.6. The van der Waals surface area contributed by atoms with Gasteiger partial charge in [0.25, 0.3) is 0 Å². The Morgan fingerprint density at radius 2 is 1.63 bits per heavy atom. The fourth-order valence-electron chi connectivity index (χ4n) is 7.24. The minimum absolute atomic E-state index is 0.359. The lowest BCUT2D eigenvalue weighted by molar-refractivity contribution is 0.0945. The molecule has 2 saturated heterocycles. The van der Waals surface area contributed by atoms with Gasteiger partial charge in [-0.1, -0.05) is 0 Å². The predicted molar refractivity (Wildman–Crippen MR) is 199 cm³/mol. The minimum Gasteiger partial charge on any atom is -0.494 e. The molecule has 4 aromatic rings. The smallest absolute Gasteiger partial charge is 0.232 e. The van der Waals surface area contributed by atoms with Gasteiger partial charge < -0.3 is 25.2 Å². The molecule has 12 nitrogen and oxygen atoms in total. The van der Waals surface area contributed by atoms with Crippen LogP contribution in [0.1, 0.15) is 36.8 Å². The summed E-state index contributed by atoms with van der Waals surface area (Å²) < 4.78 is 34.7. The number of benzene rings is 2. The highest BCUT2D eigenvalue weighted by atomic mass is 79.9. The highest BCUT2D eigenvalue weighted by Gasteiger charge is 2.37. The van der Waals surface area contributed by atoms with Gasteiger partial charge in [0.1, 0.15) is 11.6 Å². The van der Waals surface area contributed by atoms with Crippen LogP contribution in [0.3, 0.4) is 0 Å². The van der Waals surface area contributed by atoms with Gasteiger partial charge in [0.15, 0.2) is 0 Å². The van der Waals surface area contributed by atoms with Crippen molar-refractivity contribution in [2.75, 3.05) is 73.5 Å². The van der Waals surface area contributed by atoms with Crippen LogP contribution in [0, 0.1) is 5.41 Å². The van der Waals surface area contributed by atoms with Crippen molar-refractivity contribution in [1.82, 2.24) is 24.6 Å². The number of rotatable bonds is 9. The van der Waals surface area contributed by atoms with Crippen LogP contribution in [0.5, 0.6) is 5.75 Å². The van der Waals surface area contributed by atoms with Gasteiger partial charge in [-0.3, -0.25) is 8.99 Å². The first-order valence-corrected chi connectivity index (χ1v) is 19.4. The van der Waals surface area contributed by atoms with Crippen LogP contribution in [0.2, 0.25) is 0 Å². The van der Waals surface area contributed by atoms with Gasteiger partial charge in [-0.05, 0) is 109 Å². The van der Waals surface area contributed by atoms with Crippen LogP contribution in [0.15, 0.2) is 47.3 Å². The number of hydrogen-bond donors (Lipinski definition) is 2. The third-order valence-corrected chi connectivity index (χ3v) is 12.4. The van der Waals surface area contributed by atoms with E-state index in [1.54, 1.807) is 20.4 Å². The molecular formula is C35H44BrN9O3S. The van der Waals surface area contributed by atoms with Gasteiger partial charge in [0, 0.05) is 62.5 Å². The lowest BCUT2D eigenvalue weighted by Crippen LogP contribution is -2.46. The van der Waals surface area contributed by atoms with Crippen molar-refractivity contribution in [3.63, 3.8) is 0 Å². The Labute approximate surface area is 297 Å². The third kappa shape index (κ3) is 6.82. The summed E-state index contributed by atoms with van der Waals surface area (Å²) in [7, 11) is 3.92. The molecule has 7 rings (SSSR count). The first-order valence-electron chi connectivity index (χ1n) is 16.7. The molecule has 2 N–H and O–H groups in total. The summed E-state index contributed by atoms with van der Waals surface area (Å²) in [5.74, 6) is 1.54. The number of aromatic nitrogens is 4. The van der Waals surface area contributed by atoms with E-state index >= 15 is 0 Å². The first-order chi connectivity index (χ1) is 23.4. The normalized spacial score (nSPS) is 17.4. The average molecular weight is 751 g/mol. The third-order valence-electron chi connectivity index (χ3n) is 10.6. The SMILES string of the molecule is COc1cc(N2CCC3(CCN(C)CC3)CC2)c(-c2cnn(C)c2)cc1Nc1ncc(Br)c(Nc2cc3c(cc2N(C)S(C)(=O)=O)CC3)n1. The zero-order chi connectivity index (χ0) is 34.5. The molecule has 1 aliphatic carbocycles. The standard InChI is InChI=1S/C35H44BrN9O3S/c1-42-12-8-35(9-13-42)10-14-45(15-11-35)30-19-32(48-4)29(18-26(30)25-20-38-43(2)22-25)40-34-37-21-27(36)33(41-34)39-28-16-23-6-7-24(23)17-31(28)44(3)49(5,46)47/h16-22H,6-15H2,1-5H3,(H2,37,39,40,41).